The monoisotopic (exact) mass is 631 g/mol. The van der Waals surface area contributed by atoms with Gasteiger partial charge in [0.15, 0.2) is 0 Å². The van der Waals surface area contributed by atoms with E-state index in [-0.39, 0.29) is 35.5 Å². The smallest absolute Gasteiger partial charge is 0.264 e. The summed E-state index contributed by atoms with van der Waals surface area (Å²) in [4.78, 5) is 29.8. The number of carbonyl (C=O) groups is 2. The molecule has 0 radical (unpaired) electrons. The summed E-state index contributed by atoms with van der Waals surface area (Å²) >= 11 is 6.44. The van der Waals surface area contributed by atoms with Crippen molar-refractivity contribution in [2.75, 3.05) is 10.8 Å². The number of carbonyl (C=O) groups excluding carboxylic acids is 2. The highest BCUT2D eigenvalue weighted by Gasteiger charge is 2.35. The summed E-state index contributed by atoms with van der Waals surface area (Å²) in [5.41, 5.74) is 3.51. The average Bonchev–Trinajstić information content (AvgIpc) is 2.99. The van der Waals surface area contributed by atoms with Gasteiger partial charge in [-0.25, -0.2) is 8.42 Å². The molecule has 0 saturated heterocycles. The summed E-state index contributed by atoms with van der Waals surface area (Å²) in [6.45, 7) is 6.97. The molecule has 44 heavy (non-hydrogen) atoms. The van der Waals surface area contributed by atoms with Crippen molar-refractivity contribution in [2.24, 2.45) is 0 Å². The average molecular weight is 632 g/mol. The zero-order valence-corrected chi connectivity index (χ0v) is 27.0. The number of halogens is 1. The highest BCUT2D eigenvalue weighted by atomic mass is 35.5. The molecule has 1 atom stereocenters. The number of aryl methyl sites for hydroxylation is 1. The zero-order chi connectivity index (χ0) is 31.9. The number of rotatable bonds is 12. The fraction of sp³-hybridized carbons (Fsp3) is 0.257. The maximum atomic E-state index is 14.5. The lowest BCUT2D eigenvalue weighted by Crippen LogP contribution is -2.54. The normalized spacial score (nSPS) is 12.0. The molecule has 0 heterocycles. The van der Waals surface area contributed by atoms with Gasteiger partial charge in [0, 0.05) is 24.0 Å². The summed E-state index contributed by atoms with van der Waals surface area (Å²) in [6, 6.07) is 29.0. The second-order valence-corrected chi connectivity index (χ2v) is 13.4. The fourth-order valence-electron chi connectivity index (χ4n) is 5.04. The minimum absolute atomic E-state index is 0.0378. The molecule has 4 rings (SSSR count). The van der Waals surface area contributed by atoms with Gasteiger partial charge in [0.1, 0.15) is 12.6 Å². The molecule has 0 fully saturated rings. The highest BCUT2D eigenvalue weighted by molar-refractivity contribution is 7.92. The van der Waals surface area contributed by atoms with Gasteiger partial charge in [-0.3, -0.25) is 13.9 Å². The van der Waals surface area contributed by atoms with Crippen molar-refractivity contribution in [3.63, 3.8) is 0 Å². The number of anilines is 1. The molecule has 0 aliphatic heterocycles. The van der Waals surface area contributed by atoms with Crippen LogP contribution in [0.15, 0.2) is 108 Å². The second kappa shape index (κ2) is 14.6. The number of hydrogen-bond donors (Lipinski definition) is 1. The van der Waals surface area contributed by atoms with Crippen molar-refractivity contribution in [1.29, 1.82) is 0 Å². The Labute approximate surface area is 265 Å². The largest absolute Gasteiger partial charge is 0.352 e. The molecule has 4 aromatic rings. The number of nitrogens with one attached hydrogen (secondary N) is 1. The predicted octanol–water partition coefficient (Wildman–Crippen LogP) is 6.32. The van der Waals surface area contributed by atoms with Gasteiger partial charge >= 0.3 is 0 Å². The van der Waals surface area contributed by atoms with Crippen molar-refractivity contribution in [3.8, 4) is 0 Å². The van der Waals surface area contributed by atoms with Gasteiger partial charge in [-0.05, 0) is 68.7 Å². The molecule has 2 amide bonds. The van der Waals surface area contributed by atoms with Crippen LogP contribution in [0.1, 0.15) is 36.1 Å². The van der Waals surface area contributed by atoms with E-state index in [0.717, 1.165) is 21.0 Å². The first kappa shape index (κ1) is 32.8. The number of amides is 2. The van der Waals surface area contributed by atoms with Crippen molar-refractivity contribution in [3.05, 3.63) is 130 Å². The van der Waals surface area contributed by atoms with Crippen LogP contribution in [0.25, 0.3) is 0 Å². The van der Waals surface area contributed by atoms with Gasteiger partial charge in [-0.1, -0.05) is 96.0 Å². The summed E-state index contributed by atoms with van der Waals surface area (Å²) in [7, 11) is -4.20. The maximum Gasteiger partial charge on any atom is 0.264 e. The van der Waals surface area contributed by atoms with Crippen LogP contribution < -0.4 is 9.62 Å². The summed E-state index contributed by atoms with van der Waals surface area (Å²) in [6.07, 6.45) is 0.249. The Morgan fingerprint density at radius 2 is 1.43 bits per heavy atom. The first-order chi connectivity index (χ1) is 21.0. The van der Waals surface area contributed by atoms with Crippen LogP contribution >= 0.6 is 11.6 Å². The molecule has 0 saturated carbocycles. The molecule has 230 valence electrons. The maximum absolute atomic E-state index is 14.5. The van der Waals surface area contributed by atoms with E-state index in [1.54, 1.807) is 43.3 Å². The van der Waals surface area contributed by atoms with Crippen LogP contribution in [-0.2, 0) is 32.6 Å². The van der Waals surface area contributed by atoms with Crippen molar-refractivity contribution in [2.45, 2.75) is 57.6 Å². The summed E-state index contributed by atoms with van der Waals surface area (Å²) in [5.74, 6) is -0.841. The molecular weight excluding hydrogens is 594 g/mol. The van der Waals surface area contributed by atoms with Crippen LogP contribution in [0.2, 0.25) is 5.02 Å². The third-order valence-corrected chi connectivity index (χ3v) is 9.44. The van der Waals surface area contributed by atoms with Gasteiger partial charge < -0.3 is 10.2 Å². The van der Waals surface area contributed by atoms with E-state index in [1.165, 1.54) is 17.0 Å². The molecule has 1 N–H and O–H groups in total. The number of nitrogens with zero attached hydrogens (tertiary/aromatic N) is 2. The summed E-state index contributed by atoms with van der Waals surface area (Å²) in [5, 5.41) is 3.34. The predicted molar refractivity (Wildman–Crippen MR) is 176 cm³/mol. The number of sulfonamides is 1. The van der Waals surface area contributed by atoms with Crippen molar-refractivity contribution >= 4 is 39.1 Å². The Kier molecular flexibility index (Phi) is 10.8. The summed E-state index contributed by atoms with van der Waals surface area (Å²) < 4.78 is 29.4. The van der Waals surface area contributed by atoms with Crippen LogP contribution in [0.3, 0.4) is 0 Å². The Morgan fingerprint density at radius 3 is 2.07 bits per heavy atom. The molecule has 0 aromatic heterocycles. The highest BCUT2D eigenvalue weighted by Crippen LogP contribution is 2.31. The Morgan fingerprint density at radius 1 is 0.818 bits per heavy atom. The van der Waals surface area contributed by atoms with Gasteiger partial charge in [-0.2, -0.15) is 0 Å². The van der Waals surface area contributed by atoms with Crippen LogP contribution in [-0.4, -0.2) is 43.8 Å². The van der Waals surface area contributed by atoms with E-state index in [9.17, 15) is 18.0 Å². The lowest BCUT2D eigenvalue weighted by Gasteiger charge is -2.34. The molecule has 0 aliphatic carbocycles. The van der Waals surface area contributed by atoms with Crippen LogP contribution in [0.5, 0.6) is 0 Å². The van der Waals surface area contributed by atoms with E-state index in [2.05, 4.69) is 5.32 Å². The SMILES string of the molecule is Cc1cccc(CN(C(=O)CN(c2cccc(Cl)c2C)S(=O)(=O)c2ccccc2)[C@H](Cc2ccccc2)C(=O)NC(C)C)c1. The van der Waals surface area contributed by atoms with Gasteiger partial charge in [-0.15, -0.1) is 0 Å². The molecule has 0 aliphatic rings. The second-order valence-electron chi connectivity index (χ2n) is 11.1. The van der Waals surface area contributed by atoms with Gasteiger partial charge in [0.25, 0.3) is 10.0 Å². The van der Waals surface area contributed by atoms with E-state index in [4.69, 9.17) is 11.6 Å². The minimum atomic E-state index is -4.20. The first-order valence-corrected chi connectivity index (χ1v) is 16.3. The fourth-order valence-corrected chi connectivity index (χ4v) is 6.70. The quantitative estimate of drug-likeness (QED) is 0.198. The minimum Gasteiger partial charge on any atom is -0.352 e. The molecule has 0 unspecified atom stereocenters. The van der Waals surface area contributed by atoms with E-state index in [1.807, 2.05) is 75.4 Å². The lowest BCUT2D eigenvalue weighted by atomic mass is 10.0. The standard InChI is InChI=1S/C35H38ClN3O4S/c1-25(2)37-35(41)33(22-28-14-7-5-8-15-28)38(23-29-16-11-13-26(3)21-29)34(40)24-39(32-20-12-19-31(36)27(32)4)44(42,43)30-17-9-6-10-18-30/h5-21,25,33H,22-24H2,1-4H3,(H,37,41)/t33-/m1/s1. The molecule has 9 heteroatoms. The van der Waals surface area contributed by atoms with Gasteiger partial charge in [0.2, 0.25) is 11.8 Å². The third kappa shape index (κ3) is 8.07. The molecule has 0 spiro atoms. The number of benzene rings is 4. The topological polar surface area (TPSA) is 86.8 Å². The molecule has 4 aromatic carbocycles. The molecule has 7 nitrogen and oxygen atoms in total. The van der Waals surface area contributed by atoms with Crippen molar-refractivity contribution in [1.82, 2.24) is 10.2 Å². The van der Waals surface area contributed by atoms with Crippen LogP contribution in [0, 0.1) is 13.8 Å². The van der Waals surface area contributed by atoms with E-state index >= 15 is 0 Å². The number of hydrogen-bond acceptors (Lipinski definition) is 4. The third-order valence-electron chi connectivity index (χ3n) is 7.26. The lowest BCUT2D eigenvalue weighted by molar-refractivity contribution is -0.140. The first-order valence-electron chi connectivity index (χ1n) is 14.5. The van der Waals surface area contributed by atoms with E-state index < -0.39 is 28.5 Å². The van der Waals surface area contributed by atoms with Crippen LogP contribution in [0.4, 0.5) is 5.69 Å². The van der Waals surface area contributed by atoms with E-state index in [0.29, 0.717) is 10.6 Å². The molecular formula is C35H38ClN3O4S. The molecule has 0 bridgehead atoms. The Bertz CT molecular complexity index is 1700. The Hall–Kier alpha value is -4.14. The zero-order valence-electron chi connectivity index (χ0n) is 25.4. The van der Waals surface area contributed by atoms with Crippen molar-refractivity contribution < 1.29 is 18.0 Å². The van der Waals surface area contributed by atoms with Gasteiger partial charge in [0.05, 0.1) is 10.6 Å². The Balaban J connectivity index is 1.83.